The Labute approximate surface area is 185 Å². The van der Waals surface area contributed by atoms with Crippen LogP contribution in [-0.4, -0.2) is 28.0 Å². The van der Waals surface area contributed by atoms with Gasteiger partial charge in [0.2, 0.25) is 15.9 Å². The van der Waals surface area contributed by atoms with Gasteiger partial charge in [0.15, 0.2) is 0 Å². The number of benzene rings is 2. The normalized spacial score (nSPS) is 15.0. The summed E-state index contributed by atoms with van der Waals surface area (Å²) < 4.78 is 34.6. The van der Waals surface area contributed by atoms with Gasteiger partial charge in [0.05, 0.1) is 12.0 Å². The lowest BCUT2D eigenvalue weighted by Gasteiger charge is -2.29. The van der Waals surface area contributed by atoms with Crippen molar-refractivity contribution in [3.05, 3.63) is 52.6 Å². The molecule has 1 aliphatic heterocycles. The first-order valence-electron chi connectivity index (χ1n) is 10.7. The second-order valence-electron chi connectivity index (χ2n) is 8.51. The summed E-state index contributed by atoms with van der Waals surface area (Å²) in [6, 6.07) is 8.60. The Bertz CT molecular complexity index is 1090. The molecule has 0 aliphatic carbocycles. The van der Waals surface area contributed by atoms with Crippen LogP contribution in [0.5, 0.6) is 5.75 Å². The van der Waals surface area contributed by atoms with E-state index in [0.717, 1.165) is 46.5 Å². The van der Waals surface area contributed by atoms with Crippen LogP contribution in [0.4, 0.5) is 5.69 Å². The number of ether oxygens (including phenoxy) is 1. The third-order valence-corrected chi connectivity index (χ3v) is 7.44. The van der Waals surface area contributed by atoms with Gasteiger partial charge in [0.1, 0.15) is 5.75 Å². The molecule has 0 bridgehead atoms. The van der Waals surface area contributed by atoms with Gasteiger partial charge in [-0.3, -0.25) is 4.79 Å². The van der Waals surface area contributed by atoms with Crippen LogP contribution in [0.25, 0.3) is 0 Å². The van der Waals surface area contributed by atoms with Gasteiger partial charge in [-0.2, -0.15) is 0 Å². The van der Waals surface area contributed by atoms with Gasteiger partial charge in [-0.25, -0.2) is 13.1 Å². The Balaban J connectivity index is 1.91. The standard InChI is InChI=1S/C24H32N2O4S/c1-15(2)21-14-22(16(3)12-24(21)30-6)17(4)25-31(28,29)20-9-10-23-19(13-20)8-7-11-26(23)18(5)27/h9-10,12-15,17,25H,7-8,11H2,1-6H3. The van der Waals surface area contributed by atoms with E-state index in [-0.39, 0.29) is 16.7 Å². The number of nitrogens with one attached hydrogen (secondary N) is 1. The zero-order valence-corrected chi connectivity index (χ0v) is 20.0. The number of anilines is 1. The van der Waals surface area contributed by atoms with Crippen LogP contribution in [0.15, 0.2) is 35.2 Å². The Kier molecular flexibility index (Phi) is 6.76. The number of rotatable bonds is 6. The molecule has 31 heavy (non-hydrogen) atoms. The van der Waals surface area contributed by atoms with Gasteiger partial charge >= 0.3 is 0 Å². The zero-order valence-electron chi connectivity index (χ0n) is 19.2. The fraction of sp³-hybridized carbons (Fsp3) is 0.458. The highest BCUT2D eigenvalue weighted by atomic mass is 32.2. The van der Waals surface area contributed by atoms with Gasteiger partial charge in [-0.1, -0.05) is 13.8 Å². The topological polar surface area (TPSA) is 75.7 Å². The van der Waals surface area contributed by atoms with E-state index in [4.69, 9.17) is 4.74 Å². The Hall–Kier alpha value is -2.38. The van der Waals surface area contributed by atoms with E-state index in [9.17, 15) is 13.2 Å². The van der Waals surface area contributed by atoms with E-state index in [2.05, 4.69) is 18.6 Å². The molecule has 3 rings (SSSR count). The van der Waals surface area contributed by atoms with E-state index in [1.807, 2.05) is 26.0 Å². The minimum Gasteiger partial charge on any atom is -0.496 e. The number of carbonyl (C=O) groups excluding carboxylic acids is 1. The smallest absolute Gasteiger partial charge is 0.241 e. The Morgan fingerprint density at radius 2 is 1.84 bits per heavy atom. The minimum atomic E-state index is -3.73. The molecule has 0 saturated carbocycles. The molecule has 2 aromatic rings. The lowest BCUT2D eigenvalue weighted by molar-refractivity contribution is -0.116. The Morgan fingerprint density at radius 3 is 2.45 bits per heavy atom. The van der Waals surface area contributed by atoms with E-state index in [0.29, 0.717) is 6.54 Å². The number of fused-ring (bicyclic) bond motifs is 1. The van der Waals surface area contributed by atoms with Gasteiger partial charge in [0.25, 0.3) is 0 Å². The van der Waals surface area contributed by atoms with Gasteiger partial charge in [-0.15, -0.1) is 0 Å². The number of hydrogen-bond donors (Lipinski definition) is 1. The molecule has 1 N–H and O–H groups in total. The maximum Gasteiger partial charge on any atom is 0.241 e. The van der Waals surface area contributed by atoms with Crippen LogP contribution >= 0.6 is 0 Å². The van der Waals surface area contributed by atoms with Crippen LogP contribution in [-0.2, 0) is 21.2 Å². The number of sulfonamides is 1. The third kappa shape index (κ3) is 4.77. The molecular weight excluding hydrogens is 412 g/mol. The summed E-state index contributed by atoms with van der Waals surface area (Å²) in [7, 11) is -2.08. The van der Waals surface area contributed by atoms with Crippen LogP contribution < -0.4 is 14.4 Å². The molecule has 0 fully saturated rings. The SMILES string of the molecule is COc1cc(C)c(C(C)NS(=O)(=O)c2ccc3c(c2)CCCN3C(C)=O)cc1C(C)C. The van der Waals surface area contributed by atoms with Crippen LogP contribution in [0, 0.1) is 6.92 Å². The van der Waals surface area contributed by atoms with Crippen molar-refractivity contribution in [1.29, 1.82) is 0 Å². The molecule has 1 aliphatic rings. The molecule has 7 heteroatoms. The molecule has 2 aromatic carbocycles. The van der Waals surface area contributed by atoms with Crippen molar-refractivity contribution in [3.8, 4) is 5.75 Å². The zero-order chi connectivity index (χ0) is 22.9. The van der Waals surface area contributed by atoms with Crippen LogP contribution in [0.2, 0.25) is 0 Å². The number of amides is 1. The summed E-state index contributed by atoms with van der Waals surface area (Å²) >= 11 is 0. The first-order valence-corrected chi connectivity index (χ1v) is 12.1. The van der Waals surface area contributed by atoms with Crippen LogP contribution in [0.1, 0.15) is 68.3 Å². The fourth-order valence-corrected chi connectivity index (χ4v) is 5.52. The summed E-state index contributed by atoms with van der Waals surface area (Å²) in [6.45, 7) is 10.2. The number of methoxy groups -OCH3 is 1. The number of hydrogen-bond acceptors (Lipinski definition) is 4. The Morgan fingerprint density at radius 1 is 1.13 bits per heavy atom. The summed E-state index contributed by atoms with van der Waals surface area (Å²) in [4.78, 5) is 13.8. The van der Waals surface area contributed by atoms with Gasteiger partial charge in [0, 0.05) is 25.2 Å². The minimum absolute atomic E-state index is 0.0285. The average Bonchev–Trinajstić information content (AvgIpc) is 2.71. The molecule has 1 amide bonds. The fourth-order valence-electron chi connectivity index (χ4n) is 4.24. The largest absolute Gasteiger partial charge is 0.496 e. The number of nitrogens with zero attached hydrogens (tertiary/aromatic N) is 1. The maximum atomic E-state index is 13.2. The van der Waals surface area contributed by atoms with Crippen molar-refractivity contribution in [2.24, 2.45) is 0 Å². The maximum absolute atomic E-state index is 13.2. The molecule has 168 valence electrons. The summed E-state index contributed by atoms with van der Waals surface area (Å²) in [5.74, 6) is 1.04. The predicted octanol–water partition coefficient (Wildman–Crippen LogP) is 4.47. The van der Waals surface area contributed by atoms with Crippen molar-refractivity contribution >= 4 is 21.6 Å². The number of carbonyl (C=O) groups is 1. The second kappa shape index (κ2) is 9.01. The molecule has 0 radical (unpaired) electrons. The summed E-state index contributed by atoms with van der Waals surface area (Å²) in [5.41, 5.74) is 4.64. The molecule has 0 aromatic heterocycles. The highest BCUT2D eigenvalue weighted by molar-refractivity contribution is 7.89. The van der Waals surface area contributed by atoms with Gasteiger partial charge < -0.3 is 9.64 Å². The molecule has 0 spiro atoms. The van der Waals surface area contributed by atoms with E-state index >= 15 is 0 Å². The molecular formula is C24H32N2O4S. The van der Waals surface area contributed by atoms with Crippen molar-refractivity contribution in [2.75, 3.05) is 18.6 Å². The quantitative estimate of drug-likeness (QED) is 0.713. The summed E-state index contributed by atoms with van der Waals surface area (Å²) in [5, 5.41) is 0. The van der Waals surface area contributed by atoms with Crippen LogP contribution in [0.3, 0.4) is 0 Å². The molecule has 1 unspecified atom stereocenters. The highest BCUT2D eigenvalue weighted by Gasteiger charge is 2.25. The lowest BCUT2D eigenvalue weighted by Crippen LogP contribution is -2.34. The lowest BCUT2D eigenvalue weighted by atomic mass is 9.94. The molecule has 1 atom stereocenters. The van der Waals surface area contributed by atoms with Crippen molar-refractivity contribution < 1.29 is 17.9 Å². The van der Waals surface area contributed by atoms with E-state index in [1.54, 1.807) is 30.2 Å². The second-order valence-corrected chi connectivity index (χ2v) is 10.2. The van der Waals surface area contributed by atoms with Crippen molar-refractivity contribution in [3.63, 3.8) is 0 Å². The third-order valence-electron chi connectivity index (χ3n) is 5.90. The van der Waals surface area contributed by atoms with E-state index in [1.165, 1.54) is 6.92 Å². The number of aryl methyl sites for hydroxylation is 2. The summed E-state index contributed by atoms with van der Waals surface area (Å²) in [6.07, 6.45) is 1.58. The van der Waals surface area contributed by atoms with Crippen molar-refractivity contribution in [2.45, 2.75) is 64.3 Å². The predicted molar refractivity (Wildman–Crippen MR) is 123 cm³/mol. The van der Waals surface area contributed by atoms with Gasteiger partial charge in [-0.05, 0) is 85.2 Å². The highest BCUT2D eigenvalue weighted by Crippen LogP contribution is 2.33. The first kappa shape index (κ1) is 23.3. The monoisotopic (exact) mass is 444 g/mol. The van der Waals surface area contributed by atoms with Crippen molar-refractivity contribution in [1.82, 2.24) is 4.72 Å². The average molecular weight is 445 g/mol. The first-order chi connectivity index (χ1) is 14.5. The molecule has 1 heterocycles. The van der Waals surface area contributed by atoms with E-state index < -0.39 is 16.1 Å². The molecule has 6 nitrogen and oxygen atoms in total. The molecule has 0 saturated heterocycles.